The minimum atomic E-state index is 0.185. The predicted octanol–water partition coefficient (Wildman–Crippen LogP) is 0.998. The molecule has 12 heavy (non-hydrogen) atoms. The van der Waals surface area contributed by atoms with E-state index in [1.165, 1.54) is 0 Å². The molecule has 1 rings (SSSR count). The first kappa shape index (κ1) is 8.99. The van der Waals surface area contributed by atoms with Gasteiger partial charge in [-0.3, -0.25) is 0 Å². The Labute approximate surface area is 75.6 Å². The van der Waals surface area contributed by atoms with E-state index in [0.717, 1.165) is 6.54 Å². The summed E-state index contributed by atoms with van der Waals surface area (Å²) in [5, 5.41) is 5.90. The van der Waals surface area contributed by atoms with E-state index in [2.05, 4.69) is 25.6 Å². The highest BCUT2D eigenvalue weighted by Crippen LogP contribution is 2.07. The fourth-order valence-corrected chi connectivity index (χ4v) is 0.859. The zero-order valence-electron chi connectivity index (χ0n) is 6.93. The number of anilines is 2. The van der Waals surface area contributed by atoms with E-state index in [1.54, 1.807) is 7.05 Å². The van der Waals surface area contributed by atoms with Crippen LogP contribution in [0.1, 0.15) is 6.92 Å². The highest BCUT2D eigenvalue weighted by atomic mass is 35.5. The zero-order chi connectivity index (χ0) is 8.97. The molecule has 0 aliphatic carbocycles. The van der Waals surface area contributed by atoms with Crippen molar-refractivity contribution >= 4 is 23.5 Å². The number of rotatable bonds is 3. The lowest BCUT2D eigenvalue weighted by atomic mass is 10.7. The van der Waals surface area contributed by atoms with Gasteiger partial charge in [-0.15, -0.1) is 0 Å². The molecular weight excluding hydrogens is 178 g/mol. The van der Waals surface area contributed by atoms with Gasteiger partial charge in [-0.05, 0) is 18.5 Å². The van der Waals surface area contributed by atoms with Crippen molar-refractivity contribution in [3.63, 3.8) is 0 Å². The number of aromatic nitrogens is 3. The third-order valence-electron chi connectivity index (χ3n) is 1.17. The topological polar surface area (TPSA) is 62.7 Å². The van der Waals surface area contributed by atoms with Crippen LogP contribution in [0, 0.1) is 0 Å². The molecule has 0 aromatic carbocycles. The smallest absolute Gasteiger partial charge is 0.228 e. The van der Waals surface area contributed by atoms with Crippen LogP contribution in [0.15, 0.2) is 0 Å². The Bertz CT molecular complexity index is 264. The molecule has 0 bridgehead atoms. The Morgan fingerprint density at radius 2 is 1.92 bits per heavy atom. The fourth-order valence-electron chi connectivity index (χ4n) is 0.699. The summed E-state index contributed by atoms with van der Waals surface area (Å²) in [6.45, 7) is 2.71. The molecule has 6 heteroatoms. The number of hydrogen-bond donors (Lipinski definition) is 2. The Morgan fingerprint density at radius 1 is 1.25 bits per heavy atom. The fraction of sp³-hybridized carbons (Fsp3) is 0.500. The van der Waals surface area contributed by atoms with Crippen molar-refractivity contribution in [1.82, 2.24) is 15.0 Å². The van der Waals surface area contributed by atoms with Gasteiger partial charge in [-0.25, -0.2) is 0 Å². The van der Waals surface area contributed by atoms with Gasteiger partial charge in [-0.2, -0.15) is 15.0 Å². The minimum absolute atomic E-state index is 0.185. The molecule has 0 saturated heterocycles. The van der Waals surface area contributed by atoms with Crippen molar-refractivity contribution in [1.29, 1.82) is 0 Å². The molecular formula is C6H10ClN5. The summed E-state index contributed by atoms with van der Waals surface area (Å²) in [7, 11) is 1.72. The van der Waals surface area contributed by atoms with Crippen molar-refractivity contribution in [3.05, 3.63) is 5.28 Å². The maximum atomic E-state index is 5.62. The van der Waals surface area contributed by atoms with Crippen molar-refractivity contribution in [3.8, 4) is 0 Å². The van der Waals surface area contributed by atoms with Gasteiger partial charge in [0, 0.05) is 13.6 Å². The first-order valence-corrected chi connectivity index (χ1v) is 3.97. The second-order valence-corrected chi connectivity index (χ2v) is 2.37. The number of hydrogen-bond acceptors (Lipinski definition) is 5. The molecule has 0 aliphatic rings. The molecule has 2 N–H and O–H groups in total. The van der Waals surface area contributed by atoms with Crippen LogP contribution in [0.2, 0.25) is 5.28 Å². The van der Waals surface area contributed by atoms with Gasteiger partial charge in [0.05, 0.1) is 0 Å². The van der Waals surface area contributed by atoms with Gasteiger partial charge in [-0.1, -0.05) is 0 Å². The van der Waals surface area contributed by atoms with Crippen molar-refractivity contribution in [2.24, 2.45) is 0 Å². The van der Waals surface area contributed by atoms with E-state index < -0.39 is 0 Å². The van der Waals surface area contributed by atoms with E-state index in [4.69, 9.17) is 11.6 Å². The summed E-state index contributed by atoms with van der Waals surface area (Å²) in [5.74, 6) is 0.952. The lowest BCUT2D eigenvalue weighted by Crippen LogP contribution is -2.06. The van der Waals surface area contributed by atoms with Crippen molar-refractivity contribution in [2.45, 2.75) is 6.92 Å². The van der Waals surface area contributed by atoms with Crippen LogP contribution in [-0.4, -0.2) is 28.5 Å². The second-order valence-electron chi connectivity index (χ2n) is 2.03. The van der Waals surface area contributed by atoms with Crippen LogP contribution >= 0.6 is 11.6 Å². The lowest BCUT2D eigenvalue weighted by Gasteiger charge is -2.03. The Kier molecular flexibility index (Phi) is 3.04. The van der Waals surface area contributed by atoms with Crippen LogP contribution in [0.3, 0.4) is 0 Å². The Hall–Kier alpha value is -1.10. The van der Waals surface area contributed by atoms with Crippen LogP contribution in [0.5, 0.6) is 0 Å². The summed E-state index contributed by atoms with van der Waals surface area (Å²) in [6.07, 6.45) is 0. The third kappa shape index (κ3) is 2.20. The molecule has 0 atom stereocenters. The molecule has 0 spiro atoms. The van der Waals surface area contributed by atoms with E-state index in [0.29, 0.717) is 11.9 Å². The quantitative estimate of drug-likeness (QED) is 0.739. The van der Waals surface area contributed by atoms with Gasteiger partial charge >= 0.3 is 0 Å². The summed E-state index contributed by atoms with van der Waals surface area (Å²) < 4.78 is 0. The zero-order valence-corrected chi connectivity index (χ0v) is 7.68. The minimum Gasteiger partial charge on any atom is -0.357 e. The summed E-state index contributed by atoms with van der Waals surface area (Å²) in [6, 6.07) is 0. The SMILES string of the molecule is CCNc1nc(Cl)nc(NC)n1. The Morgan fingerprint density at radius 3 is 2.50 bits per heavy atom. The van der Waals surface area contributed by atoms with Crippen LogP contribution in [0.4, 0.5) is 11.9 Å². The molecule has 0 radical (unpaired) electrons. The molecule has 0 fully saturated rings. The molecule has 0 aliphatic heterocycles. The predicted molar refractivity (Wildman–Crippen MR) is 48.5 cm³/mol. The maximum Gasteiger partial charge on any atom is 0.228 e. The monoisotopic (exact) mass is 187 g/mol. The van der Waals surface area contributed by atoms with Crippen molar-refractivity contribution < 1.29 is 0 Å². The molecule has 1 heterocycles. The summed E-state index contributed by atoms with van der Waals surface area (Å²) >= 11 is 5.62. The Balaban J connectivity index is 2.90. The molecule has 5 nitrogen and oxygen atoms in total. The van der Waals surface area contributed by atoms with Crippen LogP contribution in [-0.2, 0) is 0 Å². The third-order valence-corrected chi connectivity index (χ3v) is 1.34. The summed E-state index contributed by atoms with van der Waals surface area (Å²) in [5.41, 5.74) is 0. The molecule has 66 valence electrons. The molecule has 0 unspecified atom stereocenters. The van der Waals surface area contributed by atoms with Gasteiger partial charge in [0.25, 0.3) is 0 Å². The van der Waals surface area contributed by atoms with E-state index in [1.807, 2.05) is 6.92 Å². The van der Waals surface area contributed by atoms with Gasteiger partial charge < -0.3 is 10.6 Å². The van der Waals surface area contributed by atoms with E-state index in [9.17, 15) is 0 Å². The number of halogens is 1. The second kappa shape index (κ2) is 4.06. The van der Waals surface area contributed by atoms with Crippen molar-refractivity contribution in [2.75, 3.05) is 24.2 Å². The molecule has 1 aromatic heterocycles. The standard InChI is InChI=1S/C6H10ClN5/c1-3-9-6-11-4(7)10-5(8-2)12-6/h3H2,1-2H3,(H2,8,9,10,11,12). The lowest BCUT2D eigenvalue weighted by molar-refractivity contribution is 1.02. The largest absolute Gasteiger partial charge is 0.357 e. The van der Waals surface area contributed by atoms with E-state index in [-0.39, 0.29) is 5.28 Å². The highest BCUT2D eigenvalue weighted by Gasteiger charge is 2.00. The first-order valence-electron chi connectivity index (χ1n) is 3.59. The highest BCUT2D eigenvalue weighted by molar-refractivity contribution is 6.28. The molecule has 0 amide bonds. The first-order chi connectivity index (χ1) is 5.76. The number of nitrogens with one attached hydrogen (secondary N) is 2. The van der Waals surface area contributed by atoms with Crippen LogP contribution in [0.25, 0.3) is 0 Å². The normalized spacial score (nSPS) is 9.58. The number of nitrogens with zero attached hydrogens (tertiary/aromatic N) is 3. The van der Waals surface area contributed by atoms with E-state index >= 15 is 0 Å². The van der Waals surface area contributed by atoms with Gasteiger partial charge in [0.1, 0.15) is 0 Å². The van der Waals surface area contributed by atoms with Gasteiger partial charge in [0.15, 0.2) is 0 Å². The molecule has 1 aromatic rings. The maximum absolute atomic E-state index is 5.62. The van der Waals surface area contributed by atoms with Crippen LogP contribution < -0.4 is 10.6 Å². The average Bonchev–Trinajstić information content (AvgIpc) is 2.04. The summed E-state index contributed by atoms with van der Waals surface area (Å²) in [4.78, 5) is 11.7. The average molecular weight is 188 g/mol. The van der Waals surface area contributed by atoms with Gasteiger partial charge in [0.2, 0.25) is 17.2 Å². The molecule has 0 saturated carbocycles.